The summed E-state index contributed by atoms with van der Waals surface area (Å²) in [5.74, 6) is 0. The zero-order valence-electron chi connectivity index (χ0n) is 14.7. The summed E-state index contributed by atoms with van der Waals surface area (Å²) in [5, 5.41) is 1.28. The molecule has 25 heavy (non-hydrogen) atoms. The molecule has 0 bridgehead atoms. The number of morpholine rings is 1. The number of benzene rings is 1. The molecule has 1 aliphatic heterocycles. The van der Waals surface area contributed by atoms with Crippen LogP contribution in [0.4, 0.5) is 0 Å². The van der Waals surface area contributed by atoms with Crippen LogP contribution in [0.25, 0.3) is 6.08 Å². The van der Waals surface area contributed by atoms with E-state index in [-0.39, 0.29) is 5.54 Å². The molecule has 6 heteroatoms. The molecule has 1 N–H and O–H groups in total. The van der Waals surface area contributed by atoms with Gasteiger partial charge in [0.05, 0.1) is 13.2 Å². The van der Waals surface area contributed by atoms with Crippen LogP contribution in [0.3, 0.4) is 0 Å². The van der Waals surface area contributed by atoms with Gasteiger partial charge in [0.25, 0.3) is 0 Å². The molecule has 2 aliphatic rings. The lowest BCUT2D eigenvalue weighted by Crippen LogP contribution is -2.59. The van der Waals surface area contributed by atoms with E-state index in [1.807, 2.05) is 30.3 Å². The number of ether oxygens (including phenoxy) is 1. The van der Waals surface area contributed by atoms with Crippen molar-refractivity contribution in [3.8, 4) is 0 Å². The second-order valence-corrected chi connectivity index (χ2v) is 8.61. The summed E-state index contributed by atoms with van der Waals surface area (Å²) in [7, 11) is -3.44. The van der Waals surface area contributed by atoms with Gasteiger partial charge in [0.15, 0.2) is 0 Å². The maximum Gasteiger partial charge on any atom is 0.233 e. The van der Waals surface area contributed by atoms with Gasteiger partial charge in [0, 0.05) is 30.6 Å². The summed E-state index contributed by atoms with van der Waals surface area (Å²) in [4.78, 5) is 2.44. The highest BCUT2D eigenvalue weighted by Crippen LogP contribution is 2.34. The molecule has 1 aromatic carbocycles. The molecule has 1 saturated heterocycles. The van der Waals surface area contributed by atoms with Gasteiger partial charge in [-0.1, -0.05) is 49.6 Å². The summed E-state index contributed by atoms with van der Waals surface area (Å²) >= 11 is 0. The second-order valence-electron chi connectivity index (χ2n) is 6.96. The maximum absolute atomic E-state index is 12.4. The first-order chi connectivity index (χ1) is 12.1. The van der Waals surface area contributed by atoms with Gasteiger partial charge in [0.2, 0.25) is 10.0 Å². The molecule has 0 amide bonds. The third kappa shape index (κ3) is 5.14. The molecule has 0 atom stereocenters. The van der Waals surface area contributed by atoms with Crippen LogP contribution in [-0.2, 0) is 14.8 Å². The first kappa shape index (κ1) is 18.6. The van der Waals surface area contributed by atoms with Crippen molar-refractivity contribution in [2.75, 3.05) is 32.8 Å². The van der Waals surface area contributed by atoms with E-state index in [0.29, 0.717) is 6.54 Å². The summed E-state index contributed by atoms with van der Waals surface area (Å²) in [5.41, 5.74) is 0.823. The fourth-order valence-corrected chi connectivity index (χ4v) is 4.77. The third-order valence-electron chi connectivity index (χ3n) is 5.31. The lowest BCUT2D eigenvalue weighted by atomic mass is 9.80. The summed E-state index contributed by atoms with van der Waals surface area (Å²) in [6.07, 6.45) is 7.32. The Morgan fingerprint density at radius 3 is 2.44 bits per heavy atom. The second kappa shape index (κ2) is 8.45. The Morgan fingerprint density at radius 2 is 1.76 bits per heavy atom. The Balaban J connectivity index is 1.66. The lowest BCUT2D eigenvalue weighted by Gasteiger charge is -2.48. The molecule has 1 aliphatic carbocycles. The van der Waals surface area contributed by atoms with E-state index in [4.69, 9.17) is 4.74 Å². The fraction of sp³-hybridized carbons (Fsp3) is 0.579. The first-order valence-electron chi connectivity index (χ1n) is 9.15. The minimum atomic E-state index is -3.44. The van der Waals surface area contributed by atoms with E-state index in [2.05, 4.69) is 9.62 Å². The van der Waals surface area contributed by atoms with E-state index < -0.39 is 10.0 Å². The predicted molar refractivity (Wildman–Crippen MR) is 101 cm³/mol. The Kier molecular flexibility index (Phi) is 6.28. The minimum Gasteiger partial charge on any atom is -0.379 e. The fourth-order valence-electron chi connectivity index (χ4n) is 3.87. The topological polar surface area (TPSA) is 58.6 Å². The van der Waals surface area contributed by atoms with E-state index in [0.717, 1.165) is 44.7 Å². The molecule has 3 rings (SSSR count). The molecule has 138 valence electrons. The van der Waals surface area contributed by atoms with Crippen molar-refractivity contribution in [1.82, 2.24) is 9.62 Å². The Labute approximate surface area is 151 Å². The van der Waals surface area contributed by atoms with Gasteiger partial charge in [-0.25, -0.2) is 13.1 Å². The maximum atomic E-state index is 12.4. The average Bonchev–Trinajstić information content (AvgIpc) is 2.67. The zero-order chi connectivity index (χ0) is 17.6. The number of rotatable bonds is 6. The number of hydrogen-bond acceptors (Lipinski definition) is 4. The van der Waals surface area contributed by atoms with Gasteiger partial charge in [-0.05, 0) is 24.5 Å². The summed E-state index contributed by atoms with van der Waals surface area (Å²) in [6, 6.07) is 9.49. The van der Waals surface area contributed by atoms with Crippen molar-refractivity contribution in [2.24, 2.45) is 0 Å². The van der Waals surface area contributed by atoms with E-state index in [9.17, 15) is 8.42 Å². The van der Waals surface area contributed by atoms with Crippen molar-refractivity contribution in [1.29, 1.82) is 0 Å². The van der Waals surface area contributed by atoms with Crippen molar-refractivity contribution >= 4 is 16.1 Å². The number of hydrogen-bond donors (Lipinski definition) is 1. The highest BCUT2D eigenvalue weighted by atomic mass is 32.2. The smallest absolute Gasteiger partial charge is 0.233 e. The molecular formula is C19H28N2O3S. The lowest BCUT2D eigenvalue weighted by molar-refractivity contribution is -0.0348. The van der Waals surface area contributed by atoms with Crippen LogP contribution in [0.1, 0.15) is 37.7 Å². The standard InChI is InChI=1S/C19H28N2O3S/c22-25(23,16-9-18-7-3-1-4-8-18)20-17-19(10-5-2-6-11-19)21-12-14-24-15-13-21/h1,3-4,7-9,16,20H,2,5-6,10-15,17H2/b16-9+. The molecule has 0 radical (unpaired) electrons. The number of nitrogens with one attached hydrogen (secondary N) is 1. The largest absolute Gasteiger partial charge is 0.379 e. The highest BCUT2D eigenvalue weighted by molar-refractivity contribution is 7.92. The van der Waals surface area contributed by atoms with Crippen molar-refractivity contribution in [3.05, 3.63) is 41.3 Å². The molecule has 1 aromatic rings. The normalized spacial score (nSPS) is 22.2. The van der Waals surface area contributed by atoms with E-state index in [1.54, 1.807) is 6.08 Å². The van der Waals surface area contributed by atoms with Crippen LogP contribution in [0.5, 0.6) is 0 Å². The SMILES string of the molecule is O=S(=O)(/C=C/c1ccccc1)NCC1(N2CCOCC2)CCCCC1. The third-order valence-corrected chi connectivity index (χ3v) is 6.35. The van der Waals surface area contributed by atoms with Gasteiger partial charge in [-0.2, -0.15) is 0 Å². The van der Waals surface area contributed by atoms with Gasteiger partial charge in [0.1, 0.15) is 0 Å². The van der Waals surface area contributed by atoms with Crippen LogP contribution in [-0.4, -0.2) is 51.7 Å². The van der Waals surface area contributed by atoms with Gasteiger partial charge < -0.3 is 4.74 Å². The molecule has 0 unspecified atom stereocenters. The van der Waals surface area contributed by atoms with Gasteiger partial charge >= 0.3 is 0 Å². The number of nitrogens with zero attached hydrogens (tertiary/aromatic N) is 1. The molecule has 1 heterocycles. The first-order valence-corrected chi connectivity index (χ1v) is 10.7. The quantitative estimate of drug-likeness (QED) is 0.843. The Morgan fingerprint density at radius 1 is 1.08 bits per heavy atom. The molecule has 5 nitrogen and oxygen atoms in total. The minimum absolute atomic E-state index is 0.0598. The van der Waals surface area contributed by atoms with Crippen LogP contribution >= 0.6 is 0 Å². The van der Waals surface area contributed by atoms with Crippen molar-refractivity contribution < 1.29 is 13.2 Å². The van der Waals surface area contributed by atoms with Gasteiger partial charge in [-0.15, -0.1) is 0 Å². The van der Waals surface area contributed by atoms with Crippen molar-refractivity contribution in [3.63, 3.8) is 0 Å². The average molecular weight is 365 g/mol. The predicted octanol–water partition coefficient (Wildman–Crippen LogP) is 2.61. The van der Waals surface area contributed by atoms with Crippen molar-refractivity contribution in [2.45, 2.75) is 37.6 Å². The zero-order valence-corrected chi connectivity index (χ0v) is 15.5. The molecule has 1 saturated carbocycles. The highest BCUT2D eigenvalue weighted by Gasteiger charge is 2.39. The van der Waals surface area contributed by atoms with Crippen LogP contribution in [0.15, 0.2) is 35.7 Å². The van der Waals surface area contributed by atoms with Crippen LogP contribution in [0.2, 0.25) is 0 Å². The monoisotopic (exact) mass is 364 g/mol. The van der Waals surface area contributed by atoms with E-state index in [1.165, 1.54) is 24.7 Å². The summed E-state index contributed by atoms with van der Waals surface area (Å²) in [6.45, 7) is 3.74. The molecule has 0 spiro atoms. The molecule has 2 fully saturated rings. The number of sulfonamides is 1. The Hall–Kier alpha value is -1.21. The van der Waals surface area contributed by atoms with E-state index >= 15 is 0 Å². The summed E-state index contributed by atoms with van der Waals surface area (Å²) < 4.78 is 33.2. The van der Waals surface area contributed by atoms with Crippen LogP contribution in [0, 0.1) is 0 Å². The Bertz CT molecular complexity index is 661. The van der Waals surface area contributed by atoms with Crippen LogP contribution < -0.4 is 4.72 Å². The van der Waals surface area contributed by atoms with Gasteiger partial charge in [-0.3, -0.25) is 4.90 Å². The molecular weight excluding hydrogens is 336 g/mol. The molecule has 0 aromatic heterocycles.